The molecule has 0 aliphatic carbocycles. The lowest BCUT2D eigenvalue weighted by molar-refractivity contribution is 0.281. The molecule has 0 aromatic carbocycles. The molecule has 0 aromatic heterocycles. The second kappa shape index (κ2) is 6.44. The molecule has 0 fully saturated rings. The molecule has 0 heterocycles. The molecule has 0 radical (unpaired) electrons. The molecule has 0 spiro atoms. The average molecular weight is 262 g/mol. The van der Waals surface area contributed by atoms with E-state index in [1.54, 1.807) is 0 Å². The number of hydrogen-bond acceptors (Lipinski definition) is 1. The summed E-state index contributed by atoms with van der Waals surface area (Å²) >= 11 is 2.17. The Morgan fingerprint density at radius 3 is 2.91 bits per heavy atom. The van der Waals surface area contributed by atoms with Gasteiger partial charge in [-0.05, 0) is 11.0 Å². The number of hydrogen-bond donors (Lipinski definition) is 1. The Kier molecular flexibility index (Phi) is 6.28. The molecule has 0 aliphatic rings. The van der Waals surface area contributed by atoms with Gasteiger partial charge in [0.05, 0.1) is 0 Å². The number of aliphatic hydroxyl groups excluding tert-OH is 1. The molecule has 0 aliphatic heterocycles. The fourth-order valence-electron chi connectivity index (χ4n) is 0.393. The summed E-state index contributed by atoms with van der Waals surface area (Å²) < 4.78 is 1.98. The first-order valence-electron chi connectivity index (χ1n) is 3.25. The van der Waals surface area contributed by atoms with Crippen LogP contribution in [0.15, 0.2) is 22.3 Å². The third-order valence-corrected chi connectivity index (χ3v) is 2.09. The minimum atomic E-state index is -0.683. The van der Waals surface area contributed by atoms with Gasteiger partial charge < -0.3 is 5.11 Å². The highest BCUT2D eigenvalue weighted by molar-refractivity contribution is 14.1. The van der Waals surface area contributed by atoms with Gasteiger partial charge in [0.15, 0.2) is 0 Å². The molecule has 0 amide bonds. The van der Waals surface area contributed by atoms with Crippen LogP contribution in [0.2, 0.25) is 0 Å². The van der Waals surface area contributed by atoms with Gasteiger partial charge in [-0.25, -0.2) is 0 Å². The quantitative estimate of drug-likeness (QED) is 0.460. The van der Waals surface area contributed by atoms with Crippen molar-refractivity contribution in [2.75, 3.05) is 0 Å². The third-order valence-electron chi connectivity index (χ3n) is 1.03. The van der Waals surface area contributed by atoms with Crippen molar-refractivity contribution >= 4 is 22.6 Å². The predicted octanol–water partition coefficient (Wildman–Crippen LogP) is 2.27. The van der Waals surface area contributed by atoms with E-state index in [9.17, 15) is 0 Å². The second-order valence-electron chi connectivity index (χ2n) is 2.13. The standard InChI is InChI=1S/C9H11IO/c1-3-9(11)6-4-5-8(2)7-10/h3,7,9,11H,1,5H2,2H3/b8-7+/t9-/m1/s1. The normalized spacial score (nSPS) is 13.2. The first-order chi connectivity index (χ1) is 5.20. The highest BCUT2D eigenvalue weighted by atomic mass is 127. The Bertz CT molecular complexity index is 207. The summed E-state index contributed by atoms with van der Waals surface area (Å²) in [6.45, 7) is 5.41. The third kappa shape index (κ3) is 6.14. The molecule has 1 atom stereocenters. The van der Waals surface area contributed by atoms with Crippen LogP contribution in [0.3, 0.4) is 0 Å². The number of allylic oxidation sites excluding steroid dienone is 1. The van der Waals surface area contributed by atoms with Crippen LogP contribution in [0.4, 0.5) is 0 Å². The fourth-order valence-corrected chi connectivity index (χ4v) is 0.613. The molecule has 0 unspecified atom stereocenters. The monoisotopic (exact) mass is 262 g/mol. The van der Waals surface area contributed by atoms with Crippen molar-refractivity contribution in [2.45, 2.75) is 19.4 Å². The molecule has 11 heavy (non-hydrogen) atoms. The van der Waals surface area contributed by atoms with Crippen molar-refractivity contribution in [2.24, 2.45) is 0 Å². The van der Waals surface area contributed by atoms with Crippen molar-refractivity contribution in [3.05, 3.63) is 22.3 Å². The molecule has 0 saturated carbocycles. The maximum atomic E-state index is 8.93. The lowest BCUT2D eigenvalue weighted by atomic mass is 10.2. The maximum Gasteiger partial charge on any atom is 0.133 e. The van der Waals surface area contributed by atoms with Crippen LogP contribution < -0.4 is 0 Å². The van der Waals surface area contributed by atoms with Crippen LogP contribution in [0.25, 0.3) is 0 Å². The summed E-state index contributed by atoms with van der Waals surface area (Å²) in [5.74, 6) is 5.48. The zero-order valence-corrected chi connectivity index (χ0v) is 8.63. The van der Waals surface area contributed by atoms with Crippen LogP contribution in [0.1, 0.15) is 13.3 Å². The minimum Gasteiger partial charge on any atom is -0.377 e. The van der Waals surface area contributed by atoms with E-state index in [0.29, 0.717) is 6.42 Å². The van der Waals surface area contributed by atoms with Crippen molar-refractivity contribution in [1.29, 1.82) is 0 Å². The molecule has 1 N–H and O–H groups in total. The zero-order valence-electron chi connectivity index (χ0n) is 6.47. The molecule has 1 nitrogen and oxygen atoms in total. The van der Waals surface area contributed by atoms with Crippen LogP contribution in [-0.2, 0) is 0 Å². The van der Waals surface area contributed by atoms with E-state index in [1.807, 2.05) is 11.0 Å². The lowest BCUT2D eigenvalue weighted by Gasteiger charge is -1.90. The molecule has 60 valence electrons. The highest BCUT2D eigenvalue weighted by Gasteiger charge is 1.86. The Balaban J connectivity index is 3.81. The van der Waals surface area contributed by atoms with Crippen LogP contribution in [-0.4, -0.2) is 11.2 Å². The molecule has 0 rings (SSSR count). The maximum absolute atomic E-state index is 8.93. The Hall–Kier alpha value is -0.270. The van der Waals surface area contributed by atoms with Crippen molar-refractivity contribution in [1.82, 2.24) is 0 Å². The number of halogens is 1. The van der Waals surface area contributed by atoms with E-state index in [-0.39, 0.29) is 0 Å². The topological polar surface area (TPSA) is 20.2 Å². The number of aliphatic hydroxyl groups is 1. The smallest absolute Gasteiger partial charge is 0.133 e. The summed E-state index contributed by atoms with van der Waals surface area (Å²) in [7, 11) is 0. The van der Waals surface area contributed by atoms with Gasteiger partial charge in [0.1, 0.15) is 6.10 Å². The average Bonchev–Trinajstić information content (AvgIpc) is 2.04. The summed E-state index contributed by atoms with van der Waals surface area (Å²) in [6, 6.07) is 0. The lowest BCUT2D eigenvalue weighted by Crippen LogP contribution is -1.94. The van der Waals surface area contributed by atoms with E-state index < -0.39 is 6.10 Å². The van der Waals surface area contributed by atoms with Gasteiger partial charge in [-0.2, -0.15) is 0 Å². The van der Waals surface area contributed by atoms with E-state index in [1.165, 1.54) is 11.6 Å². The molecular weight excluding hydrogens is 251 g/mol. The fraction of sp³-hybridized carbons (Fsp3) is 0.333. The molecular formula is C9H11IO. The van der Waals surface area contributed by atoms with E-state index in [0.717, 1.165) is 0 Å². The molecule has 0 aromatic rings. The SMILES string of the molecule is C=C[C@@H](O)C#CC/C(C)=C/I. The van der Waals surface area contributed by atoms with Gasteiger partial charge in [0.2, 0.25) is 0 Å². The summed E-state index contributed by atoms with van der Waals surface area (Å²) in [5, 5.41) is 8.93. The second-order valence-corrected chi connectivity index (χ2v) is 2.76. The Labute approximate surface area is 81.3 Å². The Morgan fingerprint density at radius 2 is 2.45 bits per heavy atom. The van der Waals surface area contributed by atoms with Crippen molar-refractivity contribution in [3.8, 4) is 11.8 Å². The summed E-state index contributed by atoms with van der Waals surface area (Å²) in [4.78, 5) is 0. The predicted molar refractivity (Wildman–Crippen MR) is 56.4 cm³/mol. The van der Waals surface area contributed by atoms with Crippen LogP contribution in [0.5, 0.6) is 0 Å². The van der Waals surface area contributed by atoms with Gasteiger partial charge >= 0.3 is 0 Å². The van der Waals surface area contributed by atoms with Crippen molar-refractivity contribution < 1.29 is 5.11 Å². The van der Waals surface area contributed by atoms with E-state index >= 15 is 0 Å². The van der Waals surface area contributed by atoms with Gasteiger partial charge in [0.25, 0.3) is 0 Å². The molecule has 2 heteroatoms. The van der Waals surface area contributed by atoms with E-state index in [4.69, 9.17) is 5.11 Å². The molecule has 0 bridgehead atoms. The van der Waals surface area contributed by atoms with Crippen molar-refractivity contribution in [3.63, 3.8) is 0 Å². The van der Waals surface area contributed by atoms with Crippen LogP contribution in [0, 0.1) is 11.8 Å². The van der Waals surface area contributed by atoms with Crippen LogP contribution >= 0.6 is 22.6 Å². The van der Waals surface area contributed by atoms with E-state index in [2.05, 4.69) is 41.0 Å². The minimum absolute atomic E-state index is 0.683. The summed E-state index contributed by atoms with van der Waals surface area (Å²) in [5.41, 5.74) is 1.20. The largest absolute Gasteiger partial charge is 0.377 e. The first-order valence-corrected chi connectivity index (χ1v) is 4.50. The Morgan fingerprint density at radius 1 is 1.82 bits per heavy atom. The van der Waals surface area contributed by atoms with Gasteiger partial charge in [-0.15, -0.1) is 0 Å². The molecule has 0 saturated heterocycles. The number of rotatable bonds is 2. The van der Waals surface area contributed by atoms with Gasteiger partial charge in [0, 0.05) is 6.42 Å². The highest BCUT2D eigenvalue weighted by Crippen LogP contribution is 2.01. The summed E-state index contributed by atoms with van der Waals surface area (Å²) in [6.07, 6.45) is 1.45. The first kappa shape index (κ1) is 10.7. The van der Waals surface area contributed by atoms with Gasteiger partial charge in [-0.3, -0.25) is 0 Å². The zero-order chi connectivity index (χ0) is 8.69. The van der Waals surface area contributed by atoms with Gasteiger partial charge in [-0.1, -0.05) is 52.7 Å².